The summed E-state index contributed by atoms with van der Waals surface area (Å²) in [5.41, 5.74) is 1.08. The summed E-state index contributed by atoms with van der Waals surface area (Å²) >= 11 is 0. The van der Waals surface area contributed by atoms with Gasteiger partial charge in [-0.1, -0.05) is 6.92 Å². The molecule has 1 amide bonds. The monoisotopic (exact) mass is 547 g/mol. The van der Waals surface area contributed by atoms with Gasteiger partial charge in [-0.15, -0.1) is 24.0 Å². The predicted octanol–water partition coefficient (Wildman–Crippen LogP) is 2.76. The molecule has 8 nitrogen and oxygen atoms in total. The highest BCUT2D eigenvalue weighted by Gasteiger charge is 2.24. The van der Waals surface area contributed by atoms with Gasteiger partial charge in [-0.2, -0.15) is 0 Å². The first-order valence-corrected chi connectivity index (χ1v) is 10.8. The van der Waals surface area contributed by atoms with E-state index >= 15 is 0 Å². The third kappa shape index (κ3) is 9.00. The van der Waals surface area contributed by atoms with E-state index < -0.39 is 0 Å². The second-order valence-corrected chi connectivity index (χ2v) is 7.53. The molecule has 0 spiro atoms. The van der Waals surface area contributed by atoms with Crippen molar-refractivity contribution in [2.24, 2.45) is 4.99 Å². The van der Waals surface area contributed by atoms with Crippen LogP contribution in [-0.2, 0) is 4.79 Å². The maximum absolute atomic E-state index is 12.0. The Kier molecular flexibility index (Phi) is 12.4. The van der Waals surface area contributed by atoms with Crippen LogP contribution in [-0.4, -0.2) is 64.3 Å². The number of amides is 1. The lowest BCUT2D eigenvalue weighted by Gasteiger charge is -2.21. The molecule has 31 heavy (non-hydrogen) atoms. The van der Waals surface area contributed by atoms with Gasteiger partial charge in [0.1, 0.15) is 11.5 Å². The molecule has 1 saturated heterocycles. The minimum absolute atomic E-state index is 0. The van der Waals surface area contributed by atoms with Crippen molar-refractivity contribution in [1.82, 2.24) is 16.0 Å². The summed E-state index contributed by atoms with van der Waals surface area (Å²) in [5.74, 6) is 2.37. The molecule has 1 aromatic rings. The van der Waals surface area contributed by atoms with Gasteiger partial charge in [-0.3, -0.25) is 9.79 Å². The molecule has 1 aliphatic rings. The van der Waals surface area contributed by atoms with Crippen molar-refractivity contribution < 1.29 is 14.3 Å². The van der Waals surface area contributed by atoms with Crippen molar-refractivity contribution in [1.29, 1.82) is 0 Å². The number of nitrogens with zero attached hydrogens (tertiary/aromatic N) is 2. The number of benzene rings is 1. The first-order valence-electron chi connectivity index (χ1n) is 10.8. The van der Waals surface area contributed by atoms with E-state index in [1.54, 1.807) is 14.2 Å². The van der Waals surface area contributed by atoms with Gasteiger partial charge in [0, 0.05) is 62.0 Å². The van der Waals surface area contributed by atoms with Crippen LogP contribution in [0.4, 0.5) is 5.69 Å². The van der Waals surface area contributed by atoms with Crippen LogP contribution < -0.4 is 30.3 Å². The van der Waals surface area contributed by atoms with Crippen LogP contribution in [0, 0.1) is 0 Å². The van der Waals surface area contributed by atoms with E-state index in [0.717, 1.165) is 55.6 Å². The van der Waals surface area contributed by atoms with Gasteiger partial charge in [0.05, 0.1) is 20.8 Å². The second-order valence-electron chi connectivity index (χ2n) is 7.53. The molecule has 0 bridgehead atoms. The molecule has 0 aliphatic carbocycles. The van der Waals surface area contributed by atoms with E-state index in [1.165, 1.54) is 0 Å². The topological polar surface area (TPSA) is 87.2 Å². The normalized spacial score (nSPS) is 16.9. The van der Waals surface area contributed by atoms with Crippen LogP contribution in [0.1, 0.15) is 40.0 Å². The summed E-state index contributed by atoms with van der Waals surface area (Å²) in [6.45, 7) is 9.13. The van der Waals surface area contributed by atoms with E-state index in [-0.39, 0.29) is 42.0 Å². The largest absolute Gasteiger partial charge is 0.497 e. The van der Waals surface area contributed by atoms with Crippen LogP contribution in [0.5, 0.6) is 11.5 Å². The molecule has 176 valence electrons. The second kappa shape index (κ2) is 14.2. The Morgan fingerprint density at radius 1 is 1.23 bits per heavy atom. The molecule has 0 aromatic heterocycles. The number of halogens is 1. The molecule has 2 unspecified atom stereocenters. The summed E-state index contributed by atoms with van der Waals surface area (Å²) in [5, 5.41) is 9.75. The maximum Gasteiger partial charge on any atom is 0.222 e. The third-order valence-corrected chi connectivity index (χ3v) is 5.20. The number of hydrogen-bond donors (Lipinski definition) is 3. The zero-order valence-corrected chi connectivity index (χ0v) is 21.7. The Balaban J connectivity index is 0.00000480. The van der Waals surface area contributed by atoms with Gasteiger partial charge < -0.3 is 30.3 Å². The summed E-state index contributed by atoms with van der Waals surface area (Å²) in [7, 11) is 3.32. The number of carbonyl (C=O) groups is 1. The average Bonchev–Trinajstić information content (AvgIpc) is 3.21. The van der Waals surface area contributed by atoms with Crippen molar-refractivity contribution >= 4 is 41.5 Å². The van der Waals surface area contributed by atoms with Crippen molar-refractivity contribution in [2.75, 3.05) is 45.3 Å². The fourth-order valence-electron chi connectivity index (χ4n) is 3.32. The van der Waals surface area contributed by atoms with Crippen molar-refractivity contribution in [3.8, 4) is 11.5 Å². The van der Waals surface area contributed by atoms with Gasteiger partial charge >= 0.3 is 0 Å². The quantitative estimate of drug-likeness (QED) is 0.237. The van der Waals surface area contributed by atoms with E-state index in [1.807, 2.05) is 32.0 Å². The molecule has 1 aliphatic heterocycles. The molecule has 3 N–H and O–H groups in total. The van der Waals surface area contributed by atoms with Crippen LogP contribution in [0.25, 0.3) is 0 Å². The Bertz CT molecular complexity index is 694. The van der Waals surface area contributed by atoms with Gasteiger partial charge in [0.25, 0.3) is 0 Å². The number of guanidine groups is 1. The predicted molar refractivity (Wildman–Crippen MR) is 137 cm³/mol. The van der Waals surface area contributed by atoms with Gasteiger partial charge in [-0.25, -0.2) is 0 Å². The number of nitrogens with one attached hydrogen (secondary N) is 3. The zero-order chi connectivity index (χ0) is 21.9. The Hall–Kier alpha value is -1.91. The molecule has 1 heterocycles. The highest BCUT2D eigenvalue weighted by atomic mass is 127. The summed E-state index contributed by atoms with van der Waals surface area (Å²) < 4.78 is 10.8. The van der Waals surface area contributed by atoms with E-state index in [4.69, 9.17) is 9.47 Å². The number of hydrogen-bond acceptors (Lipinski definition) is 5. The summed E-state index contributed by atoms with van der Waals surface area (Å²) in [4.78, 5) is 18.8. The minimum atomic E-state index is 0. The molecule has 1 aromatic carbocycles. The third-order valence-electron chi connectivity index (χ3n) is 5.20. The number of ether oxygens (including phenoxy) is 2. The van der Waals surface area contributed by atoms with Gasteiger partial charge in [0.15, 0.2) is 5.96 Å². The SMILES string of the molecule is CCNC(=NCCC(=O)NC(C)CC)NC1CCN(c2cc(OC)cc(OC)c2)C1.I. The molecule has 0 radical (unpaired) electrons. The van der Waals surface area contributed by atoms with Crippen molar-refractivity contribution in [2.45, 2.75) is 52.1 Å². The number of aliphatic imine (C=N–C) groups is 1. The van der Waals surface area contributed by atoms with E-state index in [2.05, 4.69) is 32.8 Å². The van der Waals surface area contributed by atoms with Crippen LogP contribution in [0.2, 0.25) is 0 Å². The number of methoxy groups -OCH3 is 2. The Morgan fingerprint density at radius 3 is 2.48 bits per heavy atom. The first-order chi connectivity index (χ1) is 14.5. The smallest absolute Gasteiger partial charge is 0.222 e. The highest BCUT2D eigenvalue weighted by molar-refractivity contribution is 14.0. The standard InChI is InChI=1S/C22H37N5O3.HI/c1-6-16(3)25-21(28)8-10-24-22(23-7-2)26-17-9-11-27(15-17)18-12-19(29-4)14-20(13-18)30-5;/h12-14,16-17H,6-11,15H2,1-5H3,(H,25,28)(H2,23,24,26);1H. The lowest BCUT2D eigenvalue weighted by molar-refractivity contribution is -0.121. The van der Waals surface area contributed by atoms with Gasteiger partial charge in [-0.05, 0) is 26.7 Å². The minimum Gasteiger partial charge on any atom is -0.497 e. The van der Waals surface area contributed by atoms with E-state index in [0.29, 0.717) is 13.0 Å². The molecule has 2 atom stereocenters. The number of carbonyl (C=O) groups excluding carboxylic acids is 1. The molecule has 9 heteroatoms. The Morgan fingerprint density at radius 2 is 1.90 bits per heavy atom. The Labute approximate surface area is 203 Å². The number of rotatable bonds is 10. The van der Waals surface area contributed by atoms with Crippen LogP contribution in [0.3, 0.4) is 0 Å². The lowest BCUT2D eigenvalue weighted by atomic mass is 10.2. The summed E-state index contributed by atoms with van der Waals surface area (Å²) in [6.07, 6.45) is 2.32. The zero-order valence-electron chi connectivity index (χ0n) is 19.4. The van der Waals surface area contributed by atoms with Crippen molar-refractivity contribution in [3.05, 3.63) is 18.2 Å². The fourth-order valence-corrected chi connectivity index (χ4v) is 3.32. The van der Waals surface area contributed by atoms with Crippen LogP contribution in [0.15, 0.2) is 23.2 Å². The average molecular weight is 547 g/mol. The van der Waals surface area contributed by atoms with Gasteiger partial charge in [0.2, 0.25) is 5.91 Å². The molecule has 1 fully saturated rings. The first kappa shape index (κ1) is 27.1. The maximum atomic E-state index is 12.0. The summed E-state index contributed by atoms with van der Waals surface area (Å²) in [6, 6.07) is 6.41. The van der Waals surface area contributed by atoms with E-state index in [9.17, 15) is 4.79 Å². The van der Waals surface area contributed by atoms with Crippen LogP contribution >= 0.6 is 24.0 Å². The molecule has 0 saturated carbocycles. The molecular formula is C22H38IN5O3. The number of anilines is 1. The lowest BCUT2D eigenvalue weighted by Crippen LogP contribution is -2.44. The molecular weight excluding hydrogens is 509 g/mol. The van der Waals surface area contributed by atoms with Crippen molar-refractivity contribution in [3.63, 3.8) is 0 Å². The molecule has 2 rings (SSSR count). The highest BCUT2D eigenvalue weighted by Crippen LogP contribution is 2.30. The fraction of sp³-hybridized carbons (Fsp3) is 0.636.